The van der Waals surface area contributed by atoms with Gasteiger partial charge in [0.1, 0.15) is 0 Å². The monoisotopic (exact) mass is 237 g/mol. The second kappa shape index (κ2) is 5.65. The number of aromatic nitrogens is 2. The van der Waals surface area contributed by atoms with Crippen molar-refractivity contribution in [1.29, 1.82) is 0 Å². The van der Waals surface area contributed by atoms with Gasteiger partial charge in [0.2, 0.25) is 0 Å². The molecule has 1 aliphatic carbocycles. The number of hydrogen-bond donors (Lipinski definition) is 1. The summed E-state index contributed by atoms with van der Waals surface area (Å²) in [5.74, 6) is 0. The molecule has 0 spiro atoms. The molecule has 4 nitrogen and oxygen atoms in total. The molecule has 1 heterocycles. The molecular weight excluding hydrogens is 214 g/mol. The van der Waals surface area contributed by atoms with Crippen LogP contribution in [0.4, 0.5) is 0 Å². The second-order valence-corrected chi connectivity index (χ2v) is 4.79. The summed E-state index contributed by atoms with van der Waals surface area (Å²) >= 11 is 0. The minimum absolute atomic E-state index is 0.383. The van der Waals surface area contributed by atoms with Crippen LogP contribution in [0.15, 0.2) is 6.07 Å². The first-order valence-electron chi connectivity index (χ1n) is 6.54. The van der Waals surface area contributed by atoms with E-state index >= 15 is 0 Å². The zero-order chi connectivity index (χ0) is 12.3. The quantitative estimate of drug-likeness (QED) is 0.849. The van der Waals surface area contributed by atoms with Crippen LogP contribution in [0.1, 0.15) is 37.6 Å². The SMILES string of the molecule is CCn1nc(C)cc1CNC1CCCC1OC. The lowest BCUT2D eigenvalue weighted by Crippen LogP contribution is -2.36. The Morgan fingerprint density at radius 1 is 1.53 bits per heavy atom. The van der Waals surface area contributed by atoms with Crippen LogP contribution in [0.2, 0.25) is 0 Å². The van der Waals surface area contributed by atoms with Crippen LogP contribution in [0.25, 0.3) is 0 Å². The van der Waals surface area contributed by atoms with E-state index in [2.05, 4.69) is 28.1 Å². The van der Waals surface area contributed by atoms with Gasteiger partial charge >= 0.3 is 0 Å². The van der Waals surface area contributed by atoms with Crippen LogP contribution < -0.4 is 5.32 Å². The smallest absolute Gasteiger partial charge is 0.0724 e. The summed E-state index contributed by atoms with van der Waals surface area (Å²) in [6.45, 7) is 6.00. The van der Waals surface area contributed by atoms with E-state index in [0.29, 0.717) is 12.1 Å². The van der Waals surface area contributed by atoms with Gasteiger partial charge in [-0.2, -0.15) is 5.10 Å². The number of rotatable bonds is 5. The zero-order valence-electron chi connectivity index (χ0n) is 11.1. The Labute approximate surface area is 103 Å². The van der Waals surface area contributed by atoms with E-state index in [4.69, 9.17) is 4.74 Å². The van der Waals surface area contributed by atoms with Gasteiger partial charge in [-0.25, -0.2) is 0 Å². The lowest BCUT2D eigenvalue weighted by atomic mass is 10.2. The number of aryl methyl sites for hydroxylation is 2. The summed E-state index contributed by atoms with van der Waals surface area (Å²) in [5.41, 5.74) is 2.37. The second-order valence-electron chi connectivity index (χ2n) is 4.79. The molecule has 2 rings (SSSR count). The van der Waals surface area contributed by atoms with Gasteiger partial charge in [-0.15, -0.1) is 0 Å². The molecule has 1 saturated carbocycles. The molecule has 0 amide bonds. The minimum Gasteiger partial charge on any atom is -0.380 e. The Kier molecular flexibility index (Phi) is 4.18. The summed E-state index contributed by atoms with van der Waals surface area (Å²) in [4.78, 5) is 0. The molecule has 0 radical (unpaired) electrons. The van der Waals surface area contributed by atoms with Crippen molar-refractivity contribution >= 4 is 0 Å². The van der Waals surface area contributed by atoms with Gasteiger partial charge < -0.3 is 10.1 Å². The molecule has 4 heteroatoms. The highest BCUT2D eigenvalue weighted by Crippen LogP contribution is 2.21. The van der Waals surface area contributed by atoms with Gasteiger partial charge in [-0.1, -0.05) is 0 Å². The molecule has 2 atom stereocenters. The number of hydrogen-bond acceptors (Lipinski definition) is 3. The van der Waals surface area contributed by atoms with E-state index in [1.54, 1.807) is 0 Å². The Balaban J connectivity index is 1.92. The van der Waals surface area contributed by atoms with Crippen molar-refractivity contribution in [2.45, 2.75) is 58.3 Å². The Morgan fingerprint density at radius 3 is 3.06 bits per heavy atom. The van der Waals surface area contributed by atoms with E-state index in [9.17, 15) is 0 Å². The number of nitrogens with one attached hydrogen (secondary N) is 1. The van der Waals surface area contributed by atoms with Crippen molar-refractivity contribution in [2.24, 2.45) is 0 Å². The molecule has 0 aromatic carbocycles. The highest BCUT2D eigenvalue weighted by Gasteiger charge is 2.26. The standard InChI is InChI=1S/C13H23N3O/c1-4-16-11(8-10(2)15-16)9-14-12-6-5-7-13(12)17-3/h8,12-14H,4-7,9H2,1-3H3. The molecule has 1 aromatic heterocycles. The summed E-state index contributed by atoms with van der Waals surface area (Å²) in [7, 11) is 1.81. The molecular formula is C13H23N3O. The van der Waals surface area contributed by atoms with Crippen LogP contribution in [0.3, 0.4) is 0 Å². The predicted octanol–water partition coefficient (Wildman–Crippen LogP) is 1.87. The highest BCUT2D eigenvalue weighted by atomic mass is 16.5. The Bertz CT molecular complexity index is 362. The average Bonchev–Trinajstić information content (AvgIpc) is 2.91. The van der Waals surface area contributed by atoms with Crippen molar-refractivity contribution in [1.82, 2.24) is 15.1 Å². The number of methoxy groups -OCH3 is 1. The van der Waals surface area contributed by atoms with Gasteiger partial charge in [0, 0.05) is 26.2 Å². The van der Waals surface area contributed by atoms with Crippen LogP contribution in [0, 0.1) is 6.92 Å². The van der Waals surface area contributed by atoms with Gasteiger partial charge in [0.05, 0.1) is 17.5 Å². The minimum atomic E-state index is 0.383. The van der Waals surface area contributed by atoms with Crippen molar-refractivity contribution in [3.63, 3.8) is 0 Å². The molecule has 0 saturated heterocycles. The highest BCUT2D eigenvalue weighted by molar-refractivity contribution is 5.09. The maximum absolute atomic E-state index is 5.49. The van der Waals surface area contributed by atoms with Gasteiger partial charge in [-0.05, 0) is 39.2 Å². The molecule has 96 valence electrons. The molecule has 17 heavy (non-hydrogen) atoms. The molecule has 2 unspecified atom stereocenters. The average molecular weight is 237 g/mol. The molecule has 1 N–H and O–H groups in total. The third-order valence-corrected chi connectivity index (χ3v) is 3.59. The fourth-order valence-corrected chi connectivity index (χ4v) is 2.69. The molecule has 1 aromatic rings. The van der Waals surface area contributed by atoms with Crippen LogP contribution >= 0.6 is 0 Å². The third-order valence-electron chi connectivity index (χ3n) is 3.59. The first-order valence-corrected chi connectivity index (χ1v) is 6.54. The van der Waals surface area contributed by atoms with Crippen LogP contribution in [0.5, 0.6) is 0 Å². The Morgan fingerprint density at radius 2 is 2.35 bits per heavy atom. The van der Waals surface area contributed by atoms with Crippen molar-refractivity contribution in [3.05, 3.63) is 17.5 Å². The van der Waals surface area contributed by atoms with E-state index < -0.39 is 0 Å². The van der Waals surface area contributed by atoms with Gasteiger partial charge in [0.25, 0.3) is 0 Å². The summed E-state index contributed by atoms with van der Waals surface area (Å²) in [6, 6.07) is 2.66. The van der Waals surface area contributed by atoms with Crippen molar-refractivity contribution < 1.29 is 4.74 Å². The lowest BCUT2D eigenvalue weighted by molar-refractivity contribution is 0.0845. The first kappa shape index (κ1) is 12.6. The summed E-state index contributed by atoms with van der Waals surface area (Å²) in [6.07, 6.45) is 4.05. The number of nitrogens with zero attached hydrogens (tertiary/aromatic N) is 2. The van der Waals surface area contributed by atoms with Gasteiger partial charge in [-0.3, -0.25) is 4.68 Å². The molecule has 1 aliphatic rings. The first-order chi connectivity index (χ1) is 8.24. The molecule has 0 bridgehead atoms. The normalized spacial score (nSPS) is 24.4. The van der Waals surface area contributed by atoms with Gasteiger partial charge in [0.15, 0.2) is 0 Å². The fraction of sp³-hybridized carbons (Fsp3) is 0.769. The molecule has 1 fully saturated rings. The van der Waals surface area contributed by atoms with E-state index in [-0.39, 0.29) is 0 Å². The van der Waals surface area contributed by atoms with E-state index in [1.807, 2.05) is 14.0 Å². The molecule has 0 aliphatic heterocycles. The predicted molar refractivity (Wildman–Crippen MR) is 67.9 cm³/mol. The van der Waals surface area contributed by atoms with Crippen LogP contribution in [-0.4, -0.2) is 29.0 Å². The van der Waals surface area contributed by atoms with Crippen molar-refractivity contribution in [2.75, 3.05) is 7.11 Å². The van der Waals surface area contributed by atoms with Crippen LogP contribution in [-0.2, 0) is 17.8 Å². The number of ether oxygens (including phenoxy) is 1. The topological polar surface area (TPSA) is 39.1 Å². The summed E-state index contributed by atoms with van der Waals surface area (Å²) in [5, 5.41) is 8.06. The zero-order valence-corrected chi connectivity index (χ0v) is 11.1. The third kappa shape index (κ3) is 2.87. The van der Waals surface area contributed by atoms with Crippen molar-refractivity contribution in [3.8, 4) is 0 Å². The van der Waals surface area contributed by atoms with E-state index in [1.165, 1.54) is 25.0 Å². The maximum atomic E-state index is 5.49. The largest absolute Gasteiger partial charge is 0.380 e. The lowest BCUT2D eigenvalue weighted by Gasteiger charge is -2.19. The fourth-order valence-electron chi connectivity index (χ4n) is 2.69. The Hall–Kier alpha value is -0.870. The van der Waals surface area contributed by atoms with E-state index in [0.717, 1.165) is 18.8 Å². The summed E-state index contributed by atoms with van der Waals surface area (Å²) < 4.78 is 7.56. The maximum Gasteiger partial charge on any atom is 0.0724 e.